The van der Waals surface area contributed by atoms with Crippen LogP contribution in [0, 0.1) is 0 Å². The number of nitrogens with zero attached hydrogens (tertiary/aromatic N) is 1. The summed E-state index contributed by atoms with van der Waals surface area (Å²) in [5.74, 6) is -2.91. The summed E-state index contributed by atoms with van der Waals surface area (Å²) >= 11 is 0. The van der Waals surface area contributed by atoms with Crippen LogP contribution in [0.3, 0.4) is 0 Å². The molecule has 4 nitrogen and oxygen atoms in total. The fraction of sp³-hybridized carbons (Fsp3) is 0.333. The van der Waals surface area contributed by atoms with E-state index in [0.717, 1.165) is 6.07 Å². The number of carbonyl (C=O) groups is 2. The number of fused-ring (bicyclic) bond motifs is 1. The minimum absolute atomic E-state index is 0.163. The second kappa shape index (κ2) is 8.20. The lowest BCUT2D eigenvalue weighted by Crippen LogP contribution is -2.39. The van der Waals surface area contributed by atoms with Crippen LogP contribution < -0.4 is 4.90 Å². The molecule has 0 aromatic heterocycles. The molecule has 3 rings (SSSR count). The van der Waals surface area contributed by atoms with Gasteiger partial charge >= 0.3 is 24.6 Å². The molecule has 13 heteroatoms. The molecule has 1 aliphatic heterocycles. The van der Waals surface area contributed by atoms with Crippen LogP contribution in [-0.4, -0.2) is 23.0 Å². The quantitative estimate of drug-likeness (QED) is 0.366. The molecular weight excluding hydrogens is 485 g/mol. The first kappa shape index (κ1) is 25.4. The van der Waals surface area contributed by atoms with E-state index in [1.54, 1.807) is 0 Å². The van der Waals surface area contributed by atoms with Crippen LogP contribution >= 0.6 is 0 Å². The van der Waals surface area contributed by atoms with E-state index in [1.807, 2.05) is 0 Å². The van der Waals surface area contributed by atoms with Crippen LogP contribution in [-0.2, 0) is 18.5 Å². The summed E-state index contributed by atoms with van der Waals surface area (Å²) in [6, 6.07) is 0.736. The van der Waals surface area contributed by atoms with E-state index in [1.165, 1.54) is 6.92 Å². The Labute approximate surface area is 185 Å². The molecule has 2 aromatic carbocycles. The largest absolute Gasteiger partial charge is 0.465 e. The van der Waals surface area contributed by atoms with Gasteiger partial charge in [-0.05, 0) is 42.3 Å². The number of halogens is 9. The predicted octanol–water partition coefficient (Wildman–Crippen LogP) is 6.99. The van der Waals surface area contributed by atoms with Gasteiger partial charge in [0.2, 0.25) is 0 Å². The van der Waals surface area contributed by atoms with Crippen LogP contribution in [0.4, 0.5) is 50.0 Å². The number of Topliss-reactive ketones (excluding diaryl/α,β-unsaturated/α-hetero) is 1. The third kappa shape index (κ3) is 4.55. The van der Waals surface area contributed by atoms with Crippen molar-refractivity contribution in [2.75, 3.05) is 4.90 Å². The van der Waals surface area contributed by atoms with E-state index in [9.17, 15) is 54.2 Å². The van der Waals surface area contributed by atoms with E-state index < -0.39 is 70.3 Å². The van der Waals surface area contributed by atoms with Crippen LogP contribution in [0.5, 0.6) is 0 Å². The molecule has 0 bridgehead atoms. The van der Waals surface area contributed by atoms with Crippen molar-refractivity contribution < 1.29 is 54.2 Å². The summed E-state index contributed by atoms with van der Waals surface area (Å²) < 4.78 is 119. The van der Waals surface area contributed by atoms with Crippen molar-refractivity contribution in [2.24, 2.45) is 0 Å². The van der Waals surface area contributed by atoms with Crippen molar-refractivity contribution in [3.8, 4) is 0 Å². The molecule has 34 heavy (non-hydrogen) atoms. The number of anilines is 1. The second-order valence-electron chi connectivity index (χ2n) is 7.54. The van der Waals surface area contributed by atoms with Crippen LogP contribution in [0.15, 0.2) is 36.4 Å². The van der Waals surface area contributed by atoms with Gasteiger partial charge in [0.05, 0.1) is 34.3 Å². The van der Waals surface area contributed by atoms with Gasteiger partial charge in [-0.15, -0.1) is 0 Å². The molecule has 2 atom stereocenters. The van der Waals surface area contributed by atoms with Crippen LogP contribution in [0.2, 0.25) is 0 Å². The van der Waals surface area contributed by atoms with Crippen molar-refractivity contribution in [2.45, 2.75) is 43.8 Å². The smallest absolute Gasteiger partial charge is 0.416 e. The van der Waals surface area contributed by atoms with E-state index >= 15 is 0 Å². The molecule has 0 spiro atoms. The van der Waals surface area contributed by atoms with E-state index in [4.69, 9.17) is 0 Å². The molecule has 1 N–H and O–H groups in total. The minimum atomic E-state index is -5.23. The second-order valence-corrected chi connectivity index (χ2v) is 7.54. The maximum absolute atomic E-state index is 13.2. The van der Waals surface area contributed by atoms with Gasteiger partial charge in [0.25, 0.3) is 0 Å². The average molecular weight is 499 g/mol. The fourth-order valence-corrected chi connectivity index (χ4v) is 3.98. The number of carbonyl (C=O) groups excluding carboxylic acids is 1. The Hall–Kier alpha value is -3.25. The molecular formula is C21H14F9NO3. The molecule has 0 unspecified atom stereocenters. The highest BCUT2D eigenvalue weighted by molar-refractivity contribution is 6.06. The van der Waals surface area contributed by atoms with Crippen LogP contribution in [0.1, 0.15) is 51.9 Å². The van der Waals surface area contributed by atoms with Crippen molar-refractivity contribution in [1.29, 1.82) is 0 Å². The fourth-order valence-electron chi connectivity index (χ4n) is 3.98. The first-order chi connectivity index (χ1) is 15.5. The lowest BCUT2D eigenvalue weighted by atomic mass is 9.85. The van der Waals surface area contributed by atoms with E-state index in [-0.39, 0.29) is 30.2 Å². The standard InChI is InChI=1S/C21H14F9NO3/c1-2-14-16(13-4-3-10(19(22,23)24)8-15(13)31(14)18(33)34)17(32)9-5-11(20(25,26)27)7-12(6-9)21(28,29)30/h3-8,14,16H,2H2,1H3,(H,33,34)/t14-,16-/m1/s1. The number of ketones is 1. The van der Waals surface area contributed by atoms with Crippen LogP contribution in [0.25, 0.3) is 0 Å². The minimum Gasteiger partial charge on any atom is -0.465 e. The Kier molecular flexibility index (Phi) is 6.12. The van der Waals surface area contributed by atoms with Gasteiger partial charge in [-0.2, -0.15) is 39.5 Å². The zero-order chi connectivity index (χ0) is 25.8. The van der Waals surface area contributed by atoms with Gasteiger partial charge in [0.1, 0.15) is 0 Å². The first-order valence-electron chi connectivity index (χ1n) is 9.53. The van der Waals surface area contributed by atoms with Crippen molar-refractivity contribution in [3.63, 3.8) is 0 Å². The SMILES string of the molecule is CC[C@@H]1[C@H](C(=O)c2cc(C(F)(F)F)cc(C(F)(F)F)c2)c2ccc(C(F)(F)F)cc2N1C(=O)O. The predicted molar refractivity (Wildman–Crippen MR) is 99.5 cm³/mol. The number of rotatable bonds is 3. The molecule has 0 saturated heterocycles. The zero-order valence-electron chi connectivity index (χ0n) is 16.9. The Morgan fingerprint density at radius 3 is 1.74 bits per heavy atom. The maximum Gasteiger partial charge on any atom is 0.416 e. The van der Waals surface area contributed by atoms with Gasteiger partial charge < -0.3 is 5.11 Å². The molecule has 0 fully saturated rings. The van der Waals surface area contributed by atoms with Crippen molar-refractivity contribution in [1.82, 2.24) is 0 Å². The summed E-state index contributed by atoms with van der Waals surface area (Å²) in [5.41, 5.74) is -6.50. The lowest BCUT2D eigenvalue weighted by Gasteiger charge is -2.25. The molecule has 1 amide bonds. The highest BCUT2D eigenvalue weighted by Gasteiger charge is 2.47. The Balaban J connectivity index is 2.22. The number of amides is 1. The molecule has 1 heterocycles. The average Bonchev–Trinajstić information content (AvgIpc) is 3.04. The van der Waals surface area contributed by atoms with Gasteiger partial charge in [-0.25, -0.2) is 4.79 Å². The lowest BCUT2D eigenvalue weighted by molar-refractivity contribution is -0.143. The topological polar surface area (TPSA) is 57.6 Å². The normalized spacial score (nSPS) is 18.7. The number of carboxylic acid groups (broad SMARTS) is 1. The highest BCUT2D eigenvalue weighted by atomic mass is 19.4. The summed E-state index contributed by atoms with van der Waals surface area (Å²) in [4.78, 5) is 25.5. The van der Waals surface area contributed by atoms with Crippen molar-refractivity contribution >= 4 is 17.6 Å². The first-order valence-corrected chi connectivity index (χ1v) is 9.53. The molecule has 0 aliphatic carbocycles. The highest BCUT2D eigenvalue weighted by Crippen LogP contribution is 2.47. The van der Waals surface area contributed by atoms with E-state index in [0.29, 0.717) is 17.0 Å². The molecule has 1 aliphatic rings. The molecule has 2 aromatic rings. The number of alkyl halides is 9. The van der Waals surface area contributed by atoms with Gasteiger partial charge in [-0.3, -0.25) is 9.69 Å². The van der Waals surface area contributed by atoms with Gasteiger partial charge in [-0.1, -0.05) is 13.0 Å². The maximum atomic E-state index is 13.2. The molecule has 0 radical (unpaired) electrons. The van der Waals surface area contributed by atoms with Gasteiger partial charge in [0, 0.05) is 5.56 Å². The summed E-state index contributed by atoms with van der Waals surface area (Å²) in [5, 5.41) is 9.56. The number of hydrogen-bond donors (Lipinski definition) is 1. The van der Waals surface area contributed by atoms with Gasteiger partial charge in [0.15, 0.2) is 5.78 Å². The Morgan fingerprint density at radius 1 is 0.824 bits per heavy atom. The van der Waals surface area contributed by atoms with Crippen molar-refractivity contribution in [3.05, 3.63) is 64.2 Å². The third-order valence-corrected chi connectivity index (χ3v) is 5.45. The zero-order valence-corrected chi connectivity index (χ0v) is 16.9. The number of hydrogen-bond acceptors (Lipinski definition) is 2. The number of benzene rings is 2. The monoisotopic (exact) mass is 499 g/mol. The molecule has 0 saturated carbocycles. The summed E-state index contributed by atoms with van der Waals surface area (Å²) in [6.45, 7) is 1.38. The summed E-state index contributed by atoms with van der Waals surface area (Å²) in [6.07, 6.45) is -17.2. The van der Waals surface area contributed by atoms with E-state index in [2.05, 4.69) is 0 Å². The Bertz CT molecular complexity index is 1100. The third-order valence-electron chi connectivity index (χ3n) is 5.45. The Morgan fingerprint density at radius 2 is 1.32 bits per heavy atom. The summed E-state index contributed by atoms with van der Waals surface area (Å²) in [7, 11) is 0. The molecule has 184 valence electrons.